The molecule has 1 aromatic carbocycles. The molecule has 45 heavy (non-hydrogen) atoms. The molecule has 244 valence electrons. The van der Waals surface area contributed by atoms with E-state index in [1.807, 2.05) is 40.1 Å². The van der Waals surface area contributed by atoms with Gasteiger partial charge >= 0.3 is 0 Å². The lowest BCUT2D eigenvalue weighted by atomic mass is 9.70. The van der Waals surface area contributed by atoms with E-state index in [1.54, 1.807) is 17.1 Å². The van der Waals surface area contributed by atoms with E-state index < -0.39 is 5.41 Å². The van der Waals surface area contributed by atoms with Crippen molar-refractivity contribution in [3.8, 4) is 0 Å². The molecule has 1 spiro atoms. The van der Waals surface area contributed by atoms with Crippen LogP contribution in [0.3, 0.4) is 0 Å². The summed E-state index contributed by atoms with van der Waals surface area (Å²) in [5.74, 6) is 0.589. The maximum atomic E-state index is 14.1. The highest BCUT2D eigenvalue weighted by Crippen LogP contribution is 2.54. The molecule has 4 atom stereocenters. The van der Waals surface area contributed by atoms with Crippen LogP contribution in [0.4, 0.5) is 0 Å². The van der Waals surface area contributed by atoms with Crippen molar-refractivity contribution in [1.29, 1.82) is 0 Å². The average Bonchev–Trinajstić information content (AvgIpc) is 3.32. The van der Waals surface area contributed by atoms with Crippen LogP contribution in [0.15, 0.2) is 42.7 Å². The number of amides is 3. The zero-order valence-corrected chi connectivity index (χ0v) is 27.7. The van der Waals surface area contributed by atoms with Crippen LogP contribution in [-0.2, 0) is 16.1 Å². The lowest BCUT2D eigenvalue weighted by Crippen LogP contribution is -2.65. The SMILES string of the molecule is CCCC(CC)CN1CCC[C@H](NC(=O)[C@@H]2CN(C(=O)c3cnn(Cc4ccccc4)c3)CC23CN(C(=O)[C@H]2CC2(C)C)C3)C1. The van der Waals surface area contributed by atoms with Crippen LogP contribution in [0.1, 0.15) is 82.1 Å². The summed E-state index contributed by atoms with van der Waals surface area (Å²) in [6, 6.07) is 10.2. The maximum Gasteiger partial charge on any atom is 0.257 e. The summed E-state index contributed by atoms with van der Waals surface area (Å²) in [7, 11) is 0. The minimum Gasteiger partial charge on any atom is -0.352 e. The number of carbonyl (C=O) groups excluding carboxylic acids is 3. The molecule has 3 saturated heterocycles. The molecule has 0 bridgehead atoms. The Kier molecular flexibility index (Phi) is 9.10. The third-order valence-electron chi connectivity index (χ3n) is 11.1. The van der Waals surface area contributed by atoms with Gasteiger partial charge in [-0.1, -0.05) is 70.9 Å². The molecule has 4 heterocycles. The van der Waals surface area contributed by atoms with E-state index in [-0.39, 0.29) is 41.0 Å². The minimum atomic E-state index is -0.406. The summed E-state index contributed by atoms with van der Waals surface area (Å²) < 4.78 is 1.79. The van der Waals surface area contributed by atoms with E-state index in [0.29, 0.717) is 44.2 Å². The monoisotopic (exact) mass is 616 g/mol. The summed E-state index contributed by atoms with van der Waals surface area (Å²) in [6.07, 6.45) is 10.1. The van der Waals surface area contributed by atoms with E-state index in [9.17, 15) is 14.4 Å². The zero-order valence-electron chi connectivity index (χ0n) is 27.7. The Morgan fingerprint density at radius 2 is 1.76 bits per heavy atom. The number of hydrogen-bond donors (Lipinski definition) is 1. The number of piperidine rings is 1. The Hall–Kier alpha value is -3.20. The number of hydrogen-bond acceptors (Lipinski definition) is 5. The Morgan fingerprint density at radius 3 is 2.44 bits per heavy atom. The molecule has 1 aliphatic carbocycles. The van der Waals surface area contributed by atoms with Gasteiger partial charge in [0.25, 0.3) is 5.91 Å². The normalized spacial score (nSPS) is 26.0. The first kappa shape index (κ1) is 31.8. The van der Waals surface area contributed by atoms with E-state index >= 15 is 0 Å². The molecule has 3 amide bonds. The number of benzene rings is 1. The van der Waals surface area contributed by atoms with Crippen molar-refractivity contribution in [2.45, 2.75) is 78.8 Å². The van der Waals surface area contributed by atoms with Gasteiger partial charge in [0.05, 0.1) is 24.2 Å². The number of nitrogens with zero attached hydrogens (tertiary/aromatic N) is 5. The van der Waals surface area contributed by atoms with Crippen LogP contribution in [0.2, 0.25) is 0 Å². The van der Waals surface area contributed by atoms with Crippen molar-refractivity contribution in [1.82, 2.24) is 29.8 Å². The van der Waals surface area contributed by atoms with Crippen LogP contribution in [0, 0.1) is 28.6 Å². The van der Waals surface area contributed by atoms with Crippen molar-refractivity contribution in [3.05, 3.63) is 53.9 Å². The molecule has 9 nitrogen and oxygen atoms in total. The summed E-state index contributed by atoms with van der Waals surface area (Å²) in [4.78, 5) is 47.4. The first-order chi connectivity index (χ1) is 21.6. The molecule has 1 N–H and O–H groups in total. The topological polar surface area (TPSA) is 90.8 Å². The molecule has 3 aliphatic heterocycles. The highest BCUT2D eigenvalue weighted by Gasteiger charge is 2.62. The fourth-order valence-electron chi connectivity index (χ4n) is 8.14. The molecular formula is C36H52N6O3. The number of aromatic nitrogens is 2. The van der Waals surface area contributed by atoms with Crippen LogP contribution >= 0.6 is 0 Å². The Labute approximate surface area is 268 Å². The highest BCUT2D eigenvalue weighted by atomic mass is 16.2. The number of likely N-dealkylation sites (tertiary alicyclic amines) is 3. The summed E-state index contributed by atoms with van der Waals surface area (Å²) in [5, 5.41) is 7.88. The number of rotatable bonds is 11. The van der Waals surface area contributed by atoms with Gasteiger partial charge in [-0.3, -0.25) is 19.1 Å². The quantitative estimate of drug-likeness (QED) is 0.407. The van der Waals surface area contributed by atoms with Crippen molar-refractivity contribution >= 4 is 17.7 Å². The lowest BCUT2D eigenvalue weighted by Gasteiger charge is -2.50. The van der Waals surface area contributed by atoms with E-state index in [0.717, 1.165) is 44.5 Å². The maximum absolute atomic E-state index is 14.1. The molecule has 2 aromatic rings. The van der Waals surface area contributed by atoms with Gasteiger partial charge in [0.1, 0.15) is 0 Å². The third kappa shape index (κ3) is 6.83. The molecule has 0 radical (unpaired) electrons. The van der Waals surface area contributed by atoms with Gasteiger partial charge in [-0.2, -0.15) is 5.10 Å². The van der Waals surface area contributed by atoms with Crippen molar-refractivity contribution in [3.63, 3.8) is 0 Å². The second-order valence-electron chi connectivity index (χ2n) is 15.1. The standard InChI is InChI=1S/C36H52N6O3/c1-5-11-26(6-2)18-39-15-10-14-29(21-39)38-32(43)31-22-40(23-36(31)24-41(25-36)34(45)30-16-35(30,3)4)33(44)28-17-37-42(20-28)19-27-12-8-7-9-13-27/h7-9,12-13,17,20,26,29-31H,5-6,10-11,14-16,18-19,21-25H2,1-4H3,(H,38,43)/t26?,29-,30+,31-/m0/s1. The smallest absolute Gasteiger partial charge is 0.257 e. The Morgan fingerprint density at radius 1 is 1.02 bits per heavy atom. The van der Waals surface area contributed by atoms with Gasteiger partial charge in [0.2, 0.25) is 11.8 Å². The first-order valence-electron chi connectivity index (χ1n) is 17.3. The van der Waals surface area contributed by atoms with E-state index in [1.165, 1.54) is 19.3 Å². The van der Waals surface area contributed by atoms with Gasteiger partial charge in [0, 0.05) is 62.8 Å². The zero-order chi connectivity index (χ0) is 31.8. The van der Waals surface area contributed by atoms with E-state index in [4.69, 9.17) is 0 Å². The van der Waals surface area contributed by atoms with Crippen molar-refractivity contribution in [2.24, 2.45) is 28.6 Å². The van der Waals surface area contributed by atoms with Crippen LogP contribution in [0.5, 0.6) is 0 Å². The summed E-state index contributed by atoms with van der Waals surface area (Å²) in [5.41, 5.74) is 1.31. The van der Waals surface area contributed by atoms with Crippen molar-refractivity contribution in [2.75, 3.05) is 45.8 Å². The largest absolute Gasteiger partial charge is 0.352 e. The van der Waals surface area contributed by atoms with Gasteiger partial charge in [-0.15, -0.1) is 0 Å². The molecule has 4 fully saturated rings. The van der Waals surface area contributed by atoms with Crippen LogP contribution in [-0.4, -0.2) is 94.1 Å². The average molecular weight is 617 g/mol. The first-order valence-corrected chi connectivity index (χ1v) is 17.3. The summed E-state index contributed by atoms with van der Waals surface area (Å²) >= 11 is 0. The summed E-state index contributed by atoms with van der Waals surface area (Å²) in [6.45, 7) is 14.4. The second-order valence-corrected chi connectivity index (χ2v) is 15.1. The number of carbonyl (C=O) groups is 3. The molecule has 6 rings (SSSR count). The predicted molar refractivity (Wildman–Crippen MR) is 174 cm³/mol. The van der Waals surface area contributed by atoms with Gasteiger partial charge < -0.3 is 20.0 Å². The fourth-order valence-corrected chi connectivity index (χ4v) is 8.14. The van der Waals surface area contributed by atoms with Crippen LogP contribution in [0.25, 0.3) is 0 Å². The predicted octanol–water partition coefficient (Wildman–Crippen LogP) is 4.29. The molecule has 9 heteroatoms. The minimum absolute atomic E-state index is 0.0383. The molecular weight excluding hydrogens is 564 g/mol. The second kappa shape index (κ2) is 12.9. The highest BCUT2D eigenvalue weighted by molar-refractivity contribution is 5.95. The molecule has 1 aromatic heterocycles. The van der Waals surface area contributed by atoms with Gasteiger partial charge in [0.15, 0.2) is 0 Å². The van der Waals surface area contributed by atoms with Gasteiger partial charge in [-0.25, -0.2) is 0 Å². The Balaban J connectivity index is 1.13. The fraction of sp³-hybridized carbons (Fsp3) is 0.667. The number of nitrogens with one attached hydrogen (secondary N) is 1. The van der Waals surface area contributed by atoms with Gasteiger partial charge in [-0.05, 0) is 49.1 Å². The van der Waals surface area contributed by atoms with E-state index in [2.05, 4.69) is 43.0 Å². The molecule has 1 unspecified atom stereocenters. The Bertz CT molecular complexity index is 1370. The lowest BCUT2D eigenvalue weighted by molar-refractivity contribution is -0.151. The third-order valence-corrected chi connectivity index (χ3v) is 11.1. The van der Waals surface area contributed by atoms with Crippen LogP contribution < -0.4 is 5.32 Å². The molecule has 4 aliphatic rings. The molecule has 1 saturated carbocycles. The van der Waals surface area contributed by atoms with Crippen molar-refractivity contribution < 1.29 is 14.4 Å².